The van der Waals surface area contributed by atoms with E-state index in [9.17, 15) is 23.1 Å². The van der Waals surface area contributed by atoms with Crippen LogP contribution in [0.1, 0.15) is 73.6 Å². The molecule has 1 saturated carbocycles. The largest absolute Gasteiger partial charge is 0.480 e. The summed E-state index contributed by atoms with van der Waals surface area (Å²) in [5, 5.41) is 14.7. The van der Waals surface area contributed by atoms with Crippen LogP contribution in [0.25, 0.3) is 0 Å². The summed E-state index contributed by atoms with van der Waals surface area (Å²) < 4.78 is 24.5. The third kappa shape index (κ3) is 5.86. The molecule has 1 aliphatic rings. The van der Waals surface area contributed by atoms with Crippen LogP contribution in [0.4, 0.5) is 4.79 Å². The molecule has 152 valence electrons. The molecule has 0 aromatic carbocycles. The molecule has 1 atom stereocenters. The van der Waals surface area contributed by atoms with Crippen LogP contribution in [0.3, 0.4) is 0 Å². The Balaban J connectivity index is 3.01. The number of rotatable bonds is 5. The molecule has 0 aliphatic heterocycles. The summed E-state index contributed by atoms with van der Waals surface area (Å²) >= 11 is 0. The Kier molecular flexibility index (Phi) is 6.77. The summed E-state index contributed by atoms with van der Waals surface area (Å²) in [5.41, 5.74) is -1.52. The first-order valence-electron chi connectivity index (χ1n) is 9.13. The van der Waals surface area contributed by atoms with Crippen LogP contribution < -0.4 is 10.6 Å². The van der Waals surface area contributed by atoms with Crippen molar-refractivity contribution in [3.8, 4) is 0 Å². The van der Waals surface area contributed by atoms with Gasteiger partial charge >= 0.3 is 12.0 Å². The van der Waals surface area contributed by atoms with Gasteiger partial charge in [0.25, 0.3) is 0 Å². The highest BCUT2D eigenvalue weighted by molar-refractivity contribution is 7.92. The maximum atomic E-state index is 12.7. The minimum Gasteiger partial charge on any atom is -0.480 e. The standard InChI is InChI=1S/C18H34N2O5S/c1-16(2,3)13(14(21)22)19-15(23)20-18(10-8-7-9-11-18)12-26(24,25)17(4,5)6/h13H,7-12H2,1-6H3,(H,21,22)(H2,19,20,23). The molecule has 0 saturated heterocycles. The maximum absolute atomic E-state index is 12.7. The van der Waals surface area contributed by atoms with Crippen molar-refractivity contribution in [1.82, 2.24) is 10.6 Å². The number of hydrogen-bond donors (Lipinski definition) is 3. The van der Waals surface area contributed by atoms with Crippen molar-refractivity contribution < 1.29 is 23.1 Å². The van der Waals surface area contributed by atoms with Gasteiger partial charge in [-0.15, -0.1) is 0 Å². The van der Waals surface area contributed by atoms with Crippen molar-refractivity contribution in [3.05, 3.63) is 0 Å². The van der Waals surface area contributed by atoms with Crippen molar-refractivity contribution in [3.63, 3.8) is 0 Å². The summed E-state index contributed by atoms with van der Waals surface area (Å²) in [6.45, 7) is 10.1. The third-order valence-electron chi connectivity index (χ3n) is 4.98. The van der Waals surface area contributed by atoms with Gasteiger partial charge in [0, 0.05) is 0 Å². The van der Waals surface area contributed by atoms with Crippen LogP contribution in [0, 0.1) is 5.41 Å². The minimum atomic E-state index is -3.43. The number of carbonyl (C=O) groups excluding carboxylic acids is 1. The van der Waals surface area contributed by atoms with Gasteiger partial charge in [-0.25, -0.2) is 18.0 Å². The number of carboxylic acid groups (broad SMARTS) is 1. The SMILES string of the molecule is CC(C)(C)C(NC(=O)NC1(CS(=O)(=O)C(C)(C)C)CCCCC1)C(=O)O. The zero-order chi connectivity index (χ0) is 20.4. The average Bonchev–Trinajstić information content (AvgIpc) is 2.42. The van der Waals surface area contributed by atoms with Gasteiger partial charge in [0.15, 0.2) is 9.84 Å². The fourth-order valence-electron chi connectivity index (χ4n) is 3.17. The van der Waals surface area contributed by atoms with E-state index in [-0.39, 0.29) is 5.75 Å². The summed E-state index contributed by atoms with van der Waals surface area (Å²) in [6.07, 6.45) is 3.81. The Hall–Kier alpha value is -1.31. The van der Waals surface area contributed by atoms with Gasteiger partial charge in [-0.2, -0.15) is 0 Å². The van der Waals surface area contributed by atoms with Crippen molar-refractivity contribution in [1.29, 1.82) is 0 Å². The number of nitrogens with one attached hydrogen (secondary N) is 2. The second-order valence-corrected chi connectivity index (χ2v) is 12.2. The van der Waals surface area contributed by atoms with Gasteiger partial charge in [0.1, 0.15) is 6.04 Å². The highest BCUT2D eigenvalue weighted by atomic mass is 32.2. The molecule has 0 aromatic heterocycles. The quantitative estimate of drug-likeness (QED) is 0.668. The van der Waals surface area contributed by atoms with Gasteiger partial charge in [-0.05, 0) is 39.0 Å². The molecule has 7 nitrogen and oxygen atoms in total. The Labute approximate surface area is 157 Å². The lowest BCUT2D eigenvalue weighted by atomic mass is 9.83. The Morgan fingerprint density at radius 2 is 1.54 bits per heavy atom. The zero-order valence-electron chi connectivity index (χ0n) is 16.8. The van der Waals surface area contributed by atoms with E-state index in [1.165, 1.54) is 0 Å². The molecule has 0 bridgehead atoms. The highest BCUT2D eigenvalue weighted by Crippen LogP contribution is 2.32. The van der Waals surface area contributed by atoms with Crippen LogP contribution in [0.2, 0.25) is 0 Å². The van der Waals surface area contributed by atoms with E-state index in [0.29, 0.717) is 12.8 Å². The van der Waals surface area contributed by atoms with Crippen LogP contribution >= 0.6 is 0 Å². The summed E-state index contributed by atoms with van der Waals surface area (Å²) in [4.78, 5) is 24.0. The lowest BCUT2D eigenvalue weighted by Gasteiger charge is -2.40. The smallest absolute Gasteiger partial charge is 0.326 e. The van der Waals surface area contributed by atoms with E-state index in [2.05, 4.69) is 10.6 Å². The molecule has 1 rings (SSSR count). The third-order valence-corrected chi connectivity index (χ3v) is 7.78. The Bertz CT molecular complexity index is 623. The normalized spacial score (nSPS) is 19.5. The number of aliphatic carboxylic acids is 1. The van der Waals surface area contributed by atoms with E-state index in [4.69, 9.17) is 0 Å². The Morgan fingerprint density at radius 3 is 1.92 bits per heavy atom. The van der Waals surface area contributed by atoms with Crippen LogP contribution in [0.15, 0.2) is 0 Å². The Morgan fingerprint density at radius 1 is 1.04 bits per heavy atom. The molecule has 0 spiro atoms. The number of amides is 2. The van der Waals surface area contributed by atoms with Crippen molar-refractivity contribution in [2.75, 3.05) is 5.75 Å². The van der Waals surface area contributed by atoms with Crippen molar-refractivity contribution in [2.24, 2.45) is 5.41 Å². The molecule has 2 amide bonds. The lowest BCUT2D eigenvalue weighted by molar-refractivity contribution is -0.141. The van der Waals surface area contributed by atoms with E-state index in [1.807, 2.05) is 0 Å². The average molecular weight is 391 g/mol. The number of sulfone groups is 1. The maximum Gasteiger partial charge on any atom is 0.326 e. The highest BCUT2D eigenvalue weighted by Gasteiger charge is 2.43. The van der Waals surface area contributed by atoms with E-state index < -0.39 is 43.6 Å². The molecule has 1 fully saturated rings. The first kappa shape index (κ1) is 22.7. The number of urea groups is 1. The molecule has 26 heavy (non-hydrogen) atoms. The van der Waals surface area contributed by atoms with E-state index in [0.717, 1.165) is 19.3 Å². The summed E-state index contributed by atoms with van der Waals surface area (Å²) in [7, 11) is -3.43. The van der Waals surface area contributed by atoms with Crippen LogP contribution in [-0.2, 0) is 14.6 Å². The van der Waals surface area contributed by atoms with Gasteiger partial charge in [-0.3, -0.25) is 0 Å². The molecule has 0 aromatic rings. The molecular weight excluding hydrogens is 356 g/mol. The first-order valence-corrected chi connectivity index (χ1v) is 10.8. The first-order chi connectivity index (χ1) is 11.6. The molecule has 0 radical (unpaired) electrons. The van der Waals surface area contributed by atoms with Crippen molar-refractivity contribution in [2.45, 2.75) is 90.0 Å². The minimum absolute atomic E-state index is 0.135. The number of carboxylic acids is 1. The van der Waals surface area contributed by atoms with E-state index in [1.54, 1.807) is 41.5 Å². The van der Waals surface area contributed by atoms with Gasteiger partial charge in [-0.1, -0.05) is 40.0 Å². The summed E-state index contributed by atoms with van der Waals surface area (Å²) in [6, 6.07) is -1.69. The molecule has 8 heteroatoms. The zero-order valence-corrected chi connectivity index (χ0v) is 17.6. The molecular formula is C18H34N2O5S. The fraction of sp³-hybridized carbons (Fsp3) is 0.889. The van der Waals surface area contributed by atoms with Gasteiger partial charge in [0.05, 0.1) is 16.0 Å². The van der Waals surface area contributed by atoms with Crippen molar-refractivity contribution >= 4 is 21.8 Å². The fourth-order valence-corrected chi connectivity index (χ4v) is 4.69. The lowest BCUT2D eigenvalue weighted by Crippen LogP contribution is -2.61. The van der Waals surface area contributed by atoms with Crippen LogP contribution in [-0.4, -0.2) is 47.6 Å². The monoisotopic (exact) mass is 390 g/mol. The van der Waals surface area contributed by atoms with E-state index >= 15 is 0 Å². The predicted molar refractivity (Wildman–Crippen MR) is 102 cm³/mol. The molecule has 1 aliphatic carbocycles. The topological polar surface area (TPSA) is 113 Å². The predicted octanol–water partition coefficient (Wildman–Crippen LogP) is 2.70. The number of carbonyl (C=O) groups is 2. The molecule has 1 unspecified atom stereocenters. The van der Waals surface area contributed by atoms with Crippen LogP contribution in [0.5, 0.6) is 0 Å². The van der Waals surface area contributed by atoms with Gasteiger partial charge in [0.2, 0.25) is 0 Å². The number of hydrogen-bond acceptors (Lipinski definition) is 4. The summed E-state index contributed by atoms with van der Waals surface area (Å²) in [5.74, 6) is -1.25. The van der Waals surface area contributed by atoms with Gasteiger partial charge < -0.3 is 15.7 Å². The second kappa shape index (κ2) is 7.74. The second-order valence-electron chi connectivity index (χ2n) is 9.45. The molecule has 3 N–H and O–H groups in total. The molecule has 0 heterocycles.